The van der Waals surface area contributed by atoms with Gasteiger partial charge in [-0.1, -0.05) is 17.7 Å². The van der Waals surface area contributed by atoms with Crippen molar-refractivity contribution in [1.82, 2.24) is 25.0 Å². The molecule has 0 fully saturated rings. The van der Waals surface area contributed by atoms with Gasteiger partial charge < -0.3 is 19.5 Å². The summed E-state index contributed by atoms with van der Waals surface area (Å²) in [6.45, 7) is 7.91. The Bertz CT molecular complexity index is 741. The molecule has 0 aliphatic heterocycles. The van der Waals surface area contributed by atoms with E-state index in [4.69, 9.17) is 16.3 Å². The van der Waals surface area contributed by atoms with E-state index in [2.05, 4.69) is 27.1 Å². The molecule has 26 heavy (non-hydrogen) atoms. The van der Waals surface area contributed by atoms with Gasteiger partial charge in [0.15, 0.2) is 11.8 Å². The summed E-state index contributed by atoms with van der Waals surface area (Å²) in [5, 5.41) is 12.1. The first-order valence-electron chi connectivity index (χ1n) is 8.35. The maximum Gasteiger partial charge on any atom is 0.194 e. The molecule has 0 radical (unpaired) electrons. The van der Waals surface area contributed by atoms with Crippen LogP contribution in [0, 0.1) is 6.92 Å². The molecule has 0 saturated carbocycles. The number of guanidine groups is 1. The zero-order valence-electron chi connectivity index (χ0n) is 15.4. The summed E-state index contributed by atoms with van der Waals surface area (Å²) in [4.78, 5) is 6.63. The molecule has 0 aliphatic rings. The van der Waals surface area contributed by atoms with Crippen LogP contribution in [0.3, 0.4) is 0 Å². The van der Waals surface area contributed by atoms with E-state index in [1.165, 1.54) is 0 Å². The number of benzene rings is 1. The molecule has 2 aromatic rings. The Kier molecular flexibility index (Phi) is 7.47. The lowest BCUT2D eigenvalue weighted by atomic mass is 10.3. The SMILES string of the molecule is C=CCNC(=NCc1nnc(C)n1C)N(C)CCOc1ccc(Cl)cc1. The van der Waals surface area contributed by atoms with Crippen LogP contribution in [0.4, 0.5) is 0 Å². The van der Waals surface area contributed by atoms with E-state index >= 15 is 0 Å². The quantitative estimate of drug-likeness (QED) is 0.435. The lowest BCUT2D eigenvalue weighted by Gasteiger charge is -2.22. The first-order valence-corrected chi connectivity index (χ1v) is 8.72. The van der Waals surface area contributed by atoms with Gasteiger partial charge in [-0.05, 0) is 31.2 Å². The molecule has 0 saturated heterocycles. The fourth-order valence-electron chi connectivity index (χ4n) is 2.15. The summed E-state index contributed by atoms with van der Waals surface area (Å²) in [7, 11) is 3.89. The number of halogens is 1. The second-order valence-electron chi connectivity index (χ2n) is 5.76. The average molecular weight is 377 g/mol. The molecular formula is C18H25ClN6O. The van der Waals surface area contributed by atoms with Gasteiger partial charge >= 0.3 is 0 Å². The van der Waals surface area contributed by atoms with Crippen LogP contribution in [0.25, 0.3) is 0 Å². The molecule has 2 rings (SSSR count). The van der Waals surface area contributed by atoms with E-state index in [1.54, 1.807) is 6.08 Å². The van der Waals surface area contributed by atoms with Gasteiger partial charge in [0.25, 0.3) is 0 Å². The number of rotatable bonds is 8. The van der Waals surface area contributed by atoms with Crippen molar-refractivity contribution in [3.63, 3.8) is 0 Å². The van der Waals surface area contributed by atoms with Crippen molar-refractivity contribution in [2.24, 2.45) is 12.0 Å². The number of hydrogen-bond acceptors (Lipinski definition) is 4. The number of likely N-dealkylation sites (N-methyl/N-ethyl adjacent to an activating group) is 1. The van der Waals surface area contributed by atoms with Crippen molar-refractivity contribution in [1.29, 1.82) is 0 Å². The van der Waals surface area contributed by atoms with Crippen LogP contribution < -0.4 is 10.1 Å². The summed E-state index contributed by atoms with van der Waals surface area (Å²) in [6, 6.07) is 7.32. The fraction of sp³-hybridized carbons (Fsp3) is 0.389. The van der Waals surface area contributed by atoms with Crippen molar-refractivity contribution in [3.05, 3.63) is 53.6 Å². The van der Waals surface area contributed by atoms with E-state index in [0.29, 0.717) is 31.3 Å². The van der Waals surface area contributed by atoms with Crippen molar-refractivity contribution >= 4 is 17.6 Å². The van der Waals surface area contributed by atoms with Gasteiger partial charge in [0.05, 0.1) is 6.54 Å². The zero-order chi connectivity index (χ0) is 18.9. The summed E-state index contributed by atoms with van der Waals surface area (Å²) in [5.41, 5.74) is 0. The highest BCUT2D eigenvalue weighted by atomic mass is 35.5. The minimum Gasteiger partial charge on any atom is -0.492 e. The zero-order valence-corrected chi connectivity index (χ0v) is 16.2. The molecular weight excluding hydrogens is 352 g/mol. The Hall–Kier alpha value is -2.54. The Morgan fingerprint density at radius 2 is 2.12 bits per heavy atom. The van der Waals surface area contributed by atoms with Gasteiger partial charge in [-0.2, -0.15) is 0 Å². The minimum atomic E-state index is 0.444. The lowest BCUT2D eigenvalue weighted by molar-refractivity contribution is 0.281. The summed E-state index contributed by atoms with van der Waals surface area (Å²) in [6.07, 6.45) is 1.79. The normalized spacial score (nSPS) is 11.3. The van der Waals surface area contributed by atoms with E-state index in [-0.39, 0.29) is 0 Å². The van der Waals surface area contributed by atoms with Crippen molar-refractivity contribution in [2.75, 3.05) is 26.7 Å². The third-order valence-electron chi connectivity index (χ3n) is 3.83. The third-order valence-corrected chi connectivity index (χ3v) is 4.08. The molecule has 0 bridgehead atoms. The minimum absolute atomic E-state index is 0.444. The van der Waals surface area contributed by atoms with E-state index < -0.39 is 0 Å². The molecule has 0 atom stereocenters. The average Bonchev–Trinajstić information content (AvgIpc) is 2.95. The van der Waals surface area contributed by atoms with Crippen LogP contribution in [0.5, 0.6) is 5.75 Å². The smallest absolute Gasteiger partial charge is 0.194 e. The third kappa shape index (κ3) is 5.77. The van der Waals surface area contributed by atoms with Gasteiger partial charge in [0.2, 0.25) is 0 Å². The number of nitrogens with zero attached hydrogens (tertiary/aromatic N) is 5. The van der Waals surface area contributed by atoms with Crippen molar-refractivity contribution < 1.29 is 4.74 Å². The number of aliphatic imine (C=N–C) groups is 1. The number of ether oxygens (including phenoxy) is 1. The Morgan fingerprint density at radius 3 is 2.73 bits per heavy atom. The number of aromatic nitrogens is 3. The Balaban J connectivity index is 1.93. The standard InChI is InChI=1S/C18H25ClN6O/c1-5-10-20-18(21-13-17-23-22-14(2)25(17)4)24(3)11-12-26-16-8-6-15(19)7-9-16/h5-9H,1,10-13H2,2-4H3,(H,20,21). The molecule has 0 amide bonds. The van der Waals surface area contributed by atoms with Crippen molar-refractivity contribution in [3.8, 4) is 5.75 Å². The summed E-state index contributed by atoms with van der Waals surface area (Å²) in [5.74, 6) is 3.21. The maximum absolute atomic E-state index is 5.88. The highest BCUT2D eigenvalue weighted by Gasteiger charge is 2.08. The highest BCUT2D eigenvalue weighted by Crippen LogP contribution is 2.15. The monoisotopic (exact) mass is 376 g/mol. The summed E-state index contributed by atoms with van der Waals surface area (Å²) >= 11 is 5.88. The topological polar surface area (TPSA) is 67.6 Å². The van der Waals surface area contributed by atoms with Gasteiger partial charge in [0, 0.05) is 25.7 Å². The Labute approximate surface area is 159 Å². The predicted molar refractivity (Wildman–Crippen MR) is 105 cm³/mol. The molecule has 1 N–H and O–H groups in total. The van der Waals surface area contributed by atoms with Crippen LogP contribution in [0.2, 0.25) is 5.02 Å². The molecule has 1 heterocycles. The van der Waals surface area contributed by atoms with Gasteiger partial charge in [-0.15, -0.1) is 16.8 Å². The molecule has 0 aliphatic carbocycles. The van der Waals surface area contributed by atoms with Crippen LogP contribution in [0.15, 0.2) is 41.9 Å². The van der Waals surface area contributed by atoms with Gasteiger partial charge in [-0.25, -0.2) is 4.99 Å². The van der Waals surface area contributed by atoms with Gasteiger partial charge in [0.1, 0.15) is 24.7 Å². The molecule has 0 unspecified atom stereocenters. The maximum atomic E-state index is 5.88. The van der Waals surface area contributed by atoms with Crippen LogP contribution >= 0.6 is 11.6 Å². The first kappa shape index (κ1) is 19.8. The summed E-state index contributed by atoms with van der Waals surface area (Å²) < 4.78 is 7.67. The lowest BCUT2D eigenvalue weighted by Crippen LogP contribution is -2.41. The molecule has 0 spiro atoms. The second-order valence-corrected chi connectivity index (χ2v) is 6.19. The molecule has 1 aromatic carbocycles. The second kappa shape index (κ2) is 9.82. The largest absolute Gasteiger partial charge is 0.492 e. The Morgan fingerprint density at radius 1 is 1.38 bits per heavy atom. The number of nitrogens with one attached hydrogen (secondary N) is 1. The van der Waals surface area contributed by atoms with Crippen molar-refractivity contribution in [2.45, 2.75) is 13.5 Å². The first-order chi connectivity index (χ1) is 12.5. The molecule has 140 valence electrons. The molecule has 7 nitrogen and oxygen atoms in total. The number of aryl methyl sites for hydroxylation is 1. The predicted octanol–water partition coefficient (Wildman–Crippen LogP) is 2.42. The molecule has 1 aromatic heterocycles. The highest BCUT2D eigenvalue weighted by molar-refractivity contribution is 6.30. The fourth-order valence-corrected chi connectivity index (χ4v) is 2.27. The number of hydrogen-bond donors (Lipinski definition) is 1. The molecule has 8 heteroatoms. The van der Waals surface area contributed by atoms with E-state index in [0.717, 1.165) is 23.4 Å². The van der Waals surface area contributed by atoms with E-state index in [9.17, 15) is 0 Å². The van der Waals surface area contributed by atoms with Crippen LogP contribution in [-0.2, 0) is 13.6 Å². The van der Waals surface area contributed by atoms with E-state index in [1.807, 2.05) is 54.8 Å². The van der Waals surface area contributed by atoms with Crippen LogP contribution in [0.1, 0.15) is 11.6 Å². The van der Waals surface area contributed by atoms with Gasteiger partial charge in [-0.3, -0.25) is 0 Å². The van der Waals surface area contributed by atoms with Crippen LogP contribution in [-0.4, -0.2) is 52.4 Å².